The predicted octanol–water partition coefficient (Wildman–Crippen LogP) is 22.0. The Bertz CT molecular complexity index is 1220. The van der Waals surface area contributed by atoms with Crippen molar-refractivity contribution in [2.24, 2.45) is 0 Å². The number of carbonyl (C=O) groups excluding carboxylic acids is 3. The van der Waals surface area contributed by atoms with Crippen molar-refractivity contribution in [3.8, 4) is 0 Å². The second kappa shape index (κ2) is 62.2. The van der Waals surface area contributed by atoms with Gasteiger partial charge in [-0.2, -0.15) is 0 Å². The molecule has 0 bridgehead atoms. The summed E-state index contributed by atoms with van der Waals surface area (Å²) in [5.74, 6) is -0.873. The fraction of sp³-hybridized carbons (Fsp3) is 0.866. The molecule has 6 nitrogen and oxygen atoms in total. The average molecular weight is 1030 g/mol. The highest BCUT2D eigenvalue weighted by atomic mass is 16.6. The Hall–Kier alpha value is -2.37. The second-order valence-electron chi connectivity index (χ2n) is 22.0. The van der Waals surface area contributed by atoms with Gasteiger partial charge in [-0.1, -0.05) is 301 Å². The minimum atomic E-state index is -0.777. The van der Waals surface area contributed by atoms with Gasteiger partial charge in [0.2, 0.25) is 0 Å². The zero-order chi connectivity index (χ0) is 52.9. The SMILES string of the molecule is CCC/C=C\CCCCCCCC(=O)OCC(COC(=O)CCCCCCCCCCCCCCCCCCCCCCCCCCCCC)OC(=O)CCCCCCCCC/C=C\C/C=C\CCCCCC. The van der Waals surface area contributed by atoms with E-state index in [1.165, 1.54) is 231 Å². The molecule has 0 N–H and O–H groups in total. The number of carbonyl (C=O) groups is 3. The molecule has 0 aromatic heterocycles. The Balaban J connectivity index is 4.15. The van der Waals surface area contributed by atoms with Crippen LogP contribution in [-0.2, 0) is 28.6 Å². The van der Waals surface area contributed by atoms with Gasteiger partial charge in [-0.05, 0) is 70.6 Å². The van der Waals surface area contributed by atoms with Crippen molar-refractivity contribution in [1.82, 2.24) is 0 Å². The molecule has 0 heterocycles. The zero-order valence-electron chi connectivity index (χ0n) is 49.2. The van der Waals surface area contributed by atoms with Gasteiger partial charge in [0, 0.05) is 19.3 Å². The number of unbranched alkanes of at least 4 members (excludes halogenated alkanes) is 43. The van der Waals surface area contributed by atoms with Crippen LogP contribution in [0.5, 0.6) is 0 Å². The summed E-state index contributed by atoms with van der Waals surface area (Å²) >= 11 is 0. The van der Waals surface area contributed by atoms with Crippen LogP contribution in [0.4, 0.5) is 0 Å². The standard InChI is InChI=1S/C67H124O6/c1-4-7-10-13-16-19-22-24-26-28-30-31-32-33-34-35-36-37-38-40-41-43-45-48-51-54-57-60-66(69)72-63-64(62-71-65(68)59-56-53-50-47-21-18-15-12-9-6-3)73-67(70)61-58-55-52-49-46-44-42-39-29-27-25-23-20-17-14-11-8-5-2/h12,15,20,23,27,29,64H,4-11,13-14,16-19,21-22,24-26,28,30-63H2,1-3H3/b15-12-,23-20-,29-27-. The molecular formula is C67H124O6. The molecule has 0 aliphatic heterocycles. The van der Waals surface area contributed by atoms with E-state index >= 15 is 0 Å². The first-order chi connectivity index (χ1) is 36.0. The average Bonchev–Trinajstić information content (AvgIpc) is 3.39. The maximum atomic E-state index is 12.9. The van der Waals surface area contributed by atoms with E-state index in [1.807, 2.05) is 0 Å². The molecule has 0 saturated heterocycles. The lowest BCUT2D eigenvalue weighted by Crippen LogP contribution is -2.30. The molecule has 0 spiro atoms. The van der Waals surface area contributed by atoms with Crippen molar-refractivity contribution in [2.75, 3.05) is 13.2 Å². The highest BCUT2D eigenvalue weighted by Crippen LogP contribution is 2.18. The number of esters is 3. The summed E-state index contributed by atoms with van der Waals surface area (Å²) in [6.07, 6.45) is 76.0. The maximum absolute atomic E-state index is 12.9. The molecule has 1 atom stereocenters. The normalized spacial score (nSPS) is 12.2. The lowest BCUT2D eigenvalue weighted by molar-refractivity contribution is -0.167. The van der Waals surface area contributed by atoms with Crippen molar-refractivity contribution in [3.05, 3.63) is 36.5 Å². The molecule has 73 heavy (non-hydrogen) atoms. The van der Waals surface area contributed by atoms with E-state index in [1.54, 1.807) is 0 Å². The molecule has 0 amide bonds. The molecule has 0 rings (SSSR count). The third-order valence-corrected chi connectivity index (χ3v) is 14.6. The minimum absolute atomic E-state index is 0.0743. The van der Waals surface area contributed by atoms with Crippen LogP contribution < -0.4 is 0 Å². The molecule has 0 aliphatic carbocycles. The Labute approximate surface area is 455 Å². The third kappa shape index (κ3) is 60.4. The van der Waals surface area contributed by atoms with Crippen molar-refractivity contribution >= 4 is 17.9 Å². The lowest BCUT2D eigenvalue weighted by Gasteiger charge is -2.18. The van der Waals surface area contributed by atoms with Gasteiger partial charge >= 0.3 is 17.9 Å². The van der Waals surface area contributed by atoms with Crippen molar-refractivity contribution in [1.29, 1.82) is 0 Å². The van der Waals surface area contributed by atoms with Crippen LogP contribution in [0, 0.1) is 0 Å². The van der Waals surface area contributed by atoms with E-state index in [-0.39, 0.29) is 31.1 Å². The number of hydrogen-bond acceptors (Lipinski definition) is 6. The molecule has 428 valence electrons. The van der Waals surface area contributed by atoms with Crippen LogP contribution in [0.1, 0.15) is 355 Å². The van der Waals surface area contributed by atoms with Crippen LogP contribution in [0.15, 0.2) is 36.5 Å². The molecule has 6 heteroatoms. The minimum Gasteiger partial charge on any atom is -0.462 e. The van der Waals surface area contributed by atoms with E-state index in [0.717, 1.165) is 83.5 Å². The topological polar surface area (TPSA) is 78.9 Å². The number of rotatable bonds is 60. The first kappa shape index (κ1) is 70.6. The number of ether oxygens (including phenoxy) is 3. The first-order valence-electron chi connectivity index (χ1n) is 32.5. The van der Waals surface area contributed by atoms with Crippen LogP contribution >= 0.6 is 0 Å². The highest BCUT2D eigenvalue weighted by Gasteiger charge is 2.19. The summed E-state index contributed by atoms with van der Waals surface area (Å²) < 4.78 is 16.9. The van der Waals surface area contributed by atoms with Gasteiger partial charge in [0.15, 0.2) is 6.10 Å². The highest BCUT2D eigenvalue weighted by molar-refractivity contribution is 5.71. The van der Waals surface area contributed by atoms with Gasteiger partial charge in [0.1, 0.15) is 13.2 Å². The van der Waals surface area contributed by atoms with Crippen LogP contribution in [-0.4, -0.2) is 37.2 Å². The largest absolute Gasteiger partial charge is 0.462 e. The van der Waals surface area contributed by atoms with Gasteiger partial charge in [0.25, 0.3) is 0 Å². The number of hydrogen-bond donors (Lipinski definition) is 0. The fourth-order valence-electron chi connectivity index (χ4n) is 9.71. The van der Waals surface area contributed by atoms with Gasteiger partial charge in [0.05, 0.1) is 0 Å². The molecule has 0 fully saturated rings. The van der Waals surface area contributed by atoms with Crippen molar-refractivity contribution < 1.29 is 28.6 Å². The zero-order valence-corrected chi connectivity index (χ0v) is 49.2. The van der Waals surface area contributed by atoms with Gasteiger partial charge in [-0.25, -0.2) is 0 Å². The molecule has 0 saturated carbocycles. The summed E-state index contributed by atoms with van der Waals surface area (Å²) in [5.41, 5.74) is 0. The molecule has 1 unspecified atom stereocenters. The smallest absolute Gasteiger partial charge is 0.306 e. The van der Waals surface area contributed by atoms with E-state index in [4.69, 9.17) is 14.2 Å². The summed E-state index contributed by atoms with van der Waals surface area (Å²) in [6.45, 7) is 6.60. The number of allylic oxidation sites excluding steroid dienone is 6. The van der Waals surface area contributed by atoms with Gasteiger partial charge in [-0.15, -0.1) is 0 Å². The van der Waals surface area contributed by atoms with Crippen LogP contribution in [0.3, 0.4) is 0 Å². The van der Waals surface area contributed by atoms with Crippen LogP contribution in [0.2, 0.25) is 0 Å². The van der Waals surface area contributed by atoms with Crippen molar-refractivity contribution in [3.63, 3.8) is 0 Å². The summed E-state index contributed by atoms with van der Waals surface area (Å²) in [6, 6.07) is 0. The third-order valence-electron chi connectivity index (χ3n) is 14.6. The Morgan fingerprint density at radius 1 is 0.274 bits per heavy atom. The van der Waals surface area contributed by atoms with Crippen molar-refractivity contribution in [2.45, 2.75) is 361 Å². The molecule has 0 aromatic rings. The summed E-state index contributed by atoms with van der Waals surface area (Å²) in [7, 11) is 0. The fourth-order valence-corrected chi connectivity index (χ4v) is 9.71. The van der Waals surface area contributed by atoms with E-state index < -0.39 is 6.10 Å². The maximum Gasteiger partial charge on any atom is 0.306 e. The molecule has 0 aliphatic rings. The predicted molar refractivity (Wildman–Crippen MR) is 316 cm³/mol. The molecule has 0 radical (unpaired) electrons. The first-order valence-corrected chi connectivity index (χ1v) is 32.5. The quantitative estimate of drug-likeness (QED) is 0.0261. The summed E-state index contributed by atoms with van der Waals surface area (Å²) in [5, 5.41) is 0. The molecule has 0 aromatic carbocycles. The molecular weight excluding hydrogens is 901 g/mol. The van der Waals surface area contributed by atoms with E-state index in [2.05, 4.69) is 57.2 Å². The van der Waals surface area contributed by atoms with Gasteiger partial charge < -0.3 is 14.2 Å². The Kier molecular flexibility index (Phi) is 60.2. The monoisotopic (exact) mass is 1020 g/mol. The van der Waals surface area contributed by atoms with E-state index in [9.17, 15) is 14.4 Å². The van der Waals surface area contributed by atoms with Gasteiger partial charge in [-0.3, -0.25) is 14.4 Å². The van der Waals surface area contributed by atoms with E-state index in [0.29, 0.717) is 19.3 Å². The van der Waals surface area contributed by atoms with Crippen LogP contribution in [0.25, 0.3) is 0 Å². The second-order valence-corrected chi connectivity index (χ2v) is 22.0. The lowest BCUT2D eigenvalue weighted by atomic mass is 10.0. The Morgan fingerprint density at radius 2 is 0.521 bits per heavy atom. The Morgan fingerprint density at radius 3 is 0.836 bits per heavy atom. The summed E-state index contributed by atoms with van der Waals surface area (Å²) in [4.78, 5) is 38.2.